The molecule has 1 amide bonds. The minimum atomic E-state index is -0.478. The molecule has 3 N–H and O–H groups in total. The Kier molecular flexibility index (Phi) is 8.62. The molecule has 0 aliphatic carbocycles. The number of nitrogens with one attached hydrogen (secondary N) is 1. The van der Waals surface area contributed by atoms with Crippen LogP contribution in [0, 0.1) is 0 Å². The van der Waals surface area contributed by atoms with Crippen LogP contribution in [0.3, 0.4) is 0 Å². The molecule has 1 aromatic carbocycles. The van der Waals surface area contributed by atoms with Crippen molar-refractivity contribution in [1.29, 1.82) is 0 Å². The number of hydrogen-bond donors (Lipinski definition) is 2. The zero-order valence-electron chi connectivity index (χ0n) is 12.0. The maximum Gasteiger partial charge on any atom is 0.237 e. The van der Waals surface area contributed by atoms with Gasteiger partial charge in [0.2, 0.25) is 5.91 Å². The highest BCUT2D eigenvalue weighted by atomic mass is 16.5. The van der Waals surface area contributed by atoms with Gasteiger partial charge in [-0.3, -0.25) is 4.79 Å². The number of carbonyl (C=O) groups excluding carboxylic acids is 1. The highest BCUT2D eigenvalue weighted by molar-refractivity contribution is 5.81. The molecule has 1 rings (SSSR count). The lowest BCUT2D eigenvalue weighted by Crippen LogP contribution is -2.42. The highest BCUT2D eigenvalue weighted by Crippen LogP contribution is 2.03. The lowest BCUT2D eigenvalue weighted by molar-refractivity contribution is -0.122. The smallest absolute Gasteiger partial charge is 0.237 e. The minimum Gasteiger partial charge on any atom is -0.382 e. The first kappa shape index (κ1) is 16.6. The Bertz CT molecular complexity index is 371. The molecular weight excluding hydrogens is 256 g/mol. The Morgan fingerprint density at radius 1 is 1.25 bits per heavy atom. The van der Waals surface area contributed by atoms with Gasteiger partial charge in [-0.05, 0) is 18.4 Å². The van der Waals surface area contributed by atoms with Gasteiger partial charge >= 0.3 is 0 Å². The molecule has 5 heteroatoms. The summed E-state index contributed by atoms with van der Waals surface area (Å²) in [7, 11) is 1.62. The van der Waals surface area contributed by atoms with E-state index in [1.165, 1.54) is 5.56 Å². The van der Waals surface area contributed by atoms with Gasteiger partial charge in [0, 0.05) is 13.7 Å². The predicted octanol–water partition coefficient (Wildman–Crippen LogP) is 0.726. The molecule has 0 bridgehead atoms. The second-order valence-corrected chi connectivity index (χ2v) is 4.53. The molecule has 0 radical (unpaired) electrons. The Morgan fingerprint density at radius 3 is 2.70 bits per heavy atom. The van der Waals surface area contributed by atoms with Gasteiger partial charge in [-0.2, -0.15) is 0 Å². The number of rotatable bonds is 10. The van der Waals surface area contributed by atoms with Crippen LogP contribution in [0.15, 0.2) is 30.3 Å². The van der Waals surface area contributed by atoms with Crippen LogP contribution in [0.5, 0.6) is 0 Å². The summed E-state index contributed by atoms with van der Waals surface area (Å²) in [5, 5.41) is 2.77. The van der Waals surface area contributed by atoms with E-state index in [2.05, 4.69) is 5.32 Å². The third-order valence-electron chi connectivity index (χ3n) is 2.90. The van der Waals surface area contributed by atoms with Crippen molar-refractivity contribution in [3.8, 4) is 0 Å². The van der Waals surface area contributed by atoms with E-state index < -0.39 is 6.04 Å². The number of carbonyl (C=O) groups is 1. The van der Waals surface area contributed by atoms with Crippen LogP contribution in [0.2, 0.25) is 0 Å². The van der Waals surface area contributed by atoms with Crippen LogP contribution in [0.25, 0.3) is 0 Å². The molecule has 0 saturated carbocycles. The van der Waals surface area contributed by atoms with Crippen molar-refractivity contribution >= 4 is 5.91 Å². The highest BCUT2D eigenvalue weighted by Gasteiger charge is 2.12. The summed E-state index contributed by atoms with van der Waals surface area (Å²) in [6.45, 7) is 2.04. The van der Waals surface area contributed by atoms with Crippen molar-refractivity contribution in [3.05, 3.63) is 35.9 Å². The zero-order chi connectivity index (χ0) is 14.6. The molecule has 5 nitrogen and oxygen atoms in total. The van der Waals surface area contributed by atoms with Crippen LogP contribution in [0.1, 0.15) is 12.0 Å². The second kappa shape index (κ2) is 10.4. The van der Waals surface area contributed by atoms with Gasteiger partial charge in [0.15, 0.2) is 0 Å². The van der Waals surface area contributed by atoms with Crippen LogP contribution in [-0.2, 0) is 20.7 Å². The number of hydrogen-bond acceptors (Lipinski definition) is 4. The molecule has 1 aromatic rings. The van der Waals surface area contributed by atoms with Gasteiger partial charge in [-0.1, -0.05) is 30.3 Å². The average molecular weight is 280 g/mol. The molecule has 0 spiro atoms. The van der Waals surface area contributed by atoms with Crippen molar-refractivity contribution in [2.75, 3.05) is 33.5 Å². The molecule has 0 aliphatic rings. The molecule has 20 heavy (non-hydrogen) atoms. The van der Waals surface area contributed by atoms with Crippen molar-refractivity contribution < 1.29 is 14.3 Å². The van der Waals surface area contributed by atoms with Crippen LogP contribution < -0.4 is 11.1 Å². The fourth-order valence-corrected chi connectivity index (χ4v) is 1.72. The quantitative estimate of drug-likeness (QED) is 0.620. The van der Waals surface area contributed by atoms with Gasteiger partial charge in [0.1, 0.15) is 0 Å². The summed E-state index contributed by atoms with van der Waals surface area (Å²) < 4.78 is 10.1. The lowest BCUT2D eigenvalue weighted by Gasteiger charge is -2.12. The van der Waals surface area contributed by atoms with Crippen molar-refractivity contribution in [2.45, 2.75) is 18.9 Å². The van der Waals surface area contributed by atoms with Gasteiger partial charge < -0.3 is 20.5 Å². The number of ether oxygens (including phenoxy) is 2. The summed E-state index contributed by atoms with van der Waals surface area (Å²) in [6, 6.07) is 9.54. The summed E-state index contributed by atoms with van der Waals surface area (Å²) >= 11 is 0. The molecular formula is C15H24N2O3. The Balaban J connectivity index is 2.10. The van der Waals surface area contributed by atoms with E-state index in [4.69, 9.17) is 15.2 Å². The molecule has 1 atom stereocenters. The number of methoxy groups -OCH3 is 1. The topological polar surface area (TPSA) is 73.6 Å². The number of amides is 1. The Labute approximate surface area is 120 Å². The minimum absolute atomic E-state index is 0.128. The summed E-state index contributed by atoms with van der Waals surface area (Å²) in [4.78, 5) is 11.7. The molecule has 1 unspecified atom stereocenters. The fraction of sp³-hybridized carbons (Fsp3) is 0.533. The Hall–Kier alpha value is -1.43. The van der Waals surface area contributed by atoms with E-state index in [0.717, 1.165) is 6.42 Å². The molecule has 0 fully saturated rings. The first-order chi connectivity index (χ1) is 9.74. The summed E-state index contributed by atoms with van der Waals surface area (Å²) in [5.74, 6) is -0.128. The molecule has 0 saturated heterocycles. The number of aryl methyl sites for hydroxylation is 1. The predicted molar refractivity (Wildman–Crippen MR) is 78.4 cm³/mol. The number of benzene rings is 1. The van der Waals surface area contributed by atoms with Crippen molar-refractivity contribution in [3.63, 3.8) is 0 Å². The SMILES string of the molecule is COCCOCCNC(=O)C(N)CCc1ccccc1. The maximum absolute atomic E-state index is 11.7. The summed E-state index contributed by atoms with van der Waals surface area (Å²) in [5.41, 5.74) is 7.05. The first-order valence-corrected chi connectivity index (χ1v) is 6.88. The molecule has 0 heterocycles. The fourth-order valence-electron chi connectivity index (χ4n) is 1.72. The largest absolute Gasteiger partial charge is 0.382 e. The van der Waals surface area contributed by atoms with Crippen molar-refractivity contribution in [1.82, 2.24) is 5.32 Å². The van der Waals surface area contributed by atoms with E-state index in [-0.39, 0.29) is 5.91 Å². The number of nitrogens with two attached hydrogens (primary N) is 1. The van der Waals surface area contributed by atoms with Gasteiger partial charge in [-0.25, -0.2) is 0 Å². The van der Waals surface area contributed by atoms with Crippen molar-refractivity contribution in [2.24, 2.45) is 5.73 Å². The van der Waals surface area contributed by atoms with E-state index >= 15 is 0 Å². The standard InChI is InChI=1S/C15H24N2O3/c1-19-11-12-20-10-9-17-15(18)14(16)8-7-13-5-3-2-4-6-13/h2-6,14H,7-12,16H2,1H3,(H,17,18). The third-order valence-corrected chi connectivity index (χ3v) is 2.90. The molecule has 0 aromatic heterocycles. The normalized spacial score (nSPS) is 12.1. The average Bonchev–Trinajstić information content (AvgIpc) is 2.49. The van der Waals surface area contributed by atoms with E-state index in [1.54, 1.807) is 7.11 Å². The van der Waals surface area contributed by atoms with E-state index in [0.29, 0.717) is 32.8 Å². The van der Waals surface area contributed by atoms with E-state index in [9.17, 15) is 4.79 Å². The maximum atomic E-state index is 11.7. The Morgan fingerprint density at radius 2 is 2.00 bits per heavy atom. The molecule has 112 valence electrons. The third kappa shape index (κ3) is 7.23. The van der Waals surface area contributed by atoms with Crippen LogP contribution >= 0.6 is 0 Å². The van der Waals surface area contributed by atoms with Gasteiger partial charge in [0.25, 0.3) is 0 Å². The van der Waals surface area contributed by atoms with Crippen LogP contribution in [0.4, 0.5) is 0 Å². The van der Waals surface area contributed by atoms with E-state index in [1.807, 2.05) is 30.3 Å². The zero-order valence-corrected chi connectivity index (χ0v) is 12.0. The monoisotopic (exact) mass is 280 g/mol. The van der Waals surface area contributed by atoms with Gasteiger partial charge in [-0.15, -0.1) is 0 Å². The van der Waals surface area contributed by atoms with Gasteiger partial charge in [0.05, 0.1) is 25.9 Å². The lowest BCUT2D eigenvalue weighted by atomic mass is 10.1. The summed E-state index contributed by atoms with van der Waals surface area (Å²) in [6.07, 6.45) is 1.44. The van der Waals surface area contributed by atoms with Crippen LogP contribution in [-0.4, -0.2) is 45.4 Å². The second-order valence-electron chi connectivity index (χ2n) is 4.53. The first-order valence-electron chi connectivity index (χ1n) is 6.88. The molecule has 0 aliphatic heterocycles.